The van der Waals surface area contributed by atoms with Crippen molar-refractivity contribution in [2.75, 3.05) is 0 Å². The zero-order valence-electron chi connectivity index (χ0n) is 9.28. The molecule has 0 saturated carbocycles. The molecule has 0 aliphatic carbocycles. The summed E-state index contributed by atoms with van der Waals surface area (Å²) in [5.74, 6) is 0. The summed E-state index contributed by atoms with van der Waals surface area (Å²) < 4.78 is 0. The number of hydrogen-bond acceptors (Lipinski definition) is 0. The van der Waals surface area contributed by atoms with Crippen molar-refractivity contribution in [3.63, 3.8) is 0 Å². The van der Waals surface area contributed by atoms with E-state index in [1.807, 2.05) is 0 Å². The summed E-state index contributed by atoms with van der Waals surface area (Å²) in [6.45, 7) is 8.91. The average molecular weight is 176 g/mol. The van der Waals surface area contributed by atoms with Crippen molar-refractivity contribution in [1.29, 1.82) is 0 Å². The minimum absolute atomic E-state index is 1.17. The van der Waals surface area contributed by atoms with Gasteiger partial charge in [-0.05, 0) is 43.4 Å². The molecule has 0 atom stereocenters. The highest BCUT2D eigenvalue weighted by Gasteiger charge is 2.03. The van der Waals surface area contributed by atoms with Gasteiger partial charge >= 0.3 is 0 Å². The van der Waals surface area contributed by atoms with E-state index in [9.17, 15) is 0 Å². The smallest absolute Gasteiger partial charge is 0.0279 e. The van der Waals surface area contributed by atoms with Crippen LogP contribution in [0.15, 0.2) is 12.1 Å². The van der Waals surface area contributed by atoms with Gasteiger partial charge in [-0.1, -0.05) is 38.0 Å². The van der Waals surface area contributed by atoms with E-state index in [2.05, 4.69) is 39.8 Å². The van der Waals surface area contributed by atoms with Crippen molar-refractivity contribution in [2.45, 2.75) is 47.0 Å². The molecule has 72 valence electrons. The van der Waals surface area contributed by atoms with Crippen LogP contribution in [0.3, 0.4) is 0 Å². The molecule has 1 aromatic carbocycles. The summed E-state index contributed by atoms with van der Waals surface area (Å²) in [6, 6.07) is 4.63. The Kier molecular flexibility index (Phi) is 3.53. The van der Waals surface area contributed by atoms with Crippen molar-refractivity contribution in [1.82, 2.24) is 0 Å². The molecule has 1 aromatic rings. The van der Waals surface area contributed by atoms with Crippen LogP contribution >= 0.6 is 0 Å². The molecule has 0 heteroatoms. The molecule has 0 amide bonds. The second kappa shape index (κ2) is 4.45. The lowest BCUT2D eigenvalue weighted by Crippen LogP contribution is -1.97. The zero-order valence-corrected chi connectivity index (χ0v) is 9.28. The first-order valence-corrected chi connectivity index (χ1v) is 5.28. The van der Waals surface area contributed by atoms with E-state index in [1.54, 1.807) is 11.1 Å². The van der Waals surface area contributed by atoms with Crippen LogP contribution in [0, 0.1) is 13.8 Å². The number of benzene rings is 1. The third-order valence-corrected chi connectivity index (χ3v) is 2.58. The normalized spacial score (nSPS) is 10.5. The standard InChI is InChI=1S/C13H20/c1-5-7-12-9-10(3)8-11(4)13(12)6-2/h8-9H,5-7H2,1-4H3. The lowest BCUT2D eigenvalue weighted by atomic mass is 9.94. The Bertz CT molecular complexity index is 284. The molecule has 0 aliphatic rings. The third-order valence-electron chi connectivity index (χ3n) is 2.58. The quantitative estimate of drug-likeness (QED) is 0.657. The maximum atomic E-state index is 2.34. The monoisotopic (exact) mass is 176 g/mol. The van der Waals surface area contributed by atoms with Crippen LogP contribution in [0.4, 0.5) is 0 Å². The number of aryl methyl sites for hydroxylation is 3. The molecule has 0 spiro atoms. The maximum Gasteiger partial charge on any atom is -0.0279 e. The summed E-state index contributed by atoms with van der Waals surface area (Å²) in [6.07, 6.45) is 3.64. The molecule has 0 bridgehead atoms. The second-order valence-electron chi connectivity index (χ2n) is 3.82. The fraction of sp³-hybridized carbons (Fsp3) is 0.538. The molecule has 0 aliphatic heterocycles. The Labute approximate surface area is 82.0 Å². The largest absolute Gasteiger partial charge is 0.0651 e. The Hall–Kier alpha value is -0.780. The van der Waals surface area contributed by atoms with E-state index in [0.29, 0.717) is 0 Å². The Morgan fingerprint density at radius 3 is 2.31 bits per heavy atom. The Morgan fingerprint density at radius 2 is 1.77 bits per heavy atom. The van der Waals surface area contributed by atoms with Gasteiger partial charge in [0.25, 0.3) is 0 Å². The first-order chi connectivity index (χ1) is 6.19. The first kappa shape index (κ1) is 10.3. The summed E-state index contributed by atoms with van der Waals surface area (Å²) in [5.41, 5.74) is 5.99. The minimum atomic E-state index is 1.17. The second-order valence-corrected chi connectivity index (χ2v) is 3.82. The number of hydrogen-bond donors (Lipinski definition) is 0. The van der Waals surface area contributed by atoms with Crippen LogP contribution in [0.1, 0.15) is 42.5 Å². The predicted molar refractivity (Wildman–Crippen MR) is 59.3 cm³/mol. The molecule has 0 nitrogen and oxygen atoms in total. The Balaban J connectivity index is 3.13. The van der Waals surface area contributed by atoms with Crippen LogP contribution in [-0.2, 0) is 12.8 Å². The fourth-order valence-corrected chi connectivity index (χ4v) is 2.08. The fourth-order valence-electron chi connectivity index (χ4n) is 2.08. The van der Waals surface area contributed by atoms with Gasteiger partial charge in [0.15, 0.2) is 0 Å². The molecular weight excluding hydrogens is 156 g/mol. The van der Waals surface area contributed by atoms with Gasteiger partial charge in [-0.15, -0.1) is 0 Å². The molecule has 1 rings (SSSR count). The molecular formula is C13H20. The van der Waals surface area contributed by atoms with Crippen molar-refractivity contribution in [3.05, 3.63) is 34.4 Å². The molecule has 0 radical (unpaired) electrons. The summed E-state index contributed by atoms with van der Waals surface area (Å²) in [5, 5.41) is 0. The summed E-state index contributed by atoms with van der Waals surface area (Å²) in [7, 11) is 0. The average Bonchev–Trinajstić information content (AvgIpc) is 2.04. The van der Waals surface area contributed by atoms with E-state index < -0.39 is 0 Å². The molecule has 0 aromatic heterocycles. The number of rotatable bonds is 3. The SMILES string of the molecule is CCCc1cc(C)cc(C)c1CC. The van der Waals surface area contributed by atoms with E-state index in [4.69, 9.17) is 0 Å². The van der Waals surface area contributed by atoms with Crippen LogP contribution in [-0.4, -0.2) is 0 Å². The zero-order chi connectivity index (χ0) is 9.84. The summed E-state index contributed by atoms with van der Waals surface area (Å²) in [4.78, 5) is 0. The van der Waals surface area contributed by atoms with Gasteiger partial charge in [0.2, 0.25) is 0 Å². The van der Waals surface area contributed by atoms with Gasteiger partial charge in [0, 0.05) is 0 Å². The van der Waals surface area contributed by atoms with Gasteiger partial charge in [0.05, 0.1) is 0 Å². The van der Waals surface area contributed by atoms with Crippen LogP contribution in [0.25, 0.3) is 0 Å². The Morgan fingerprint density at radius 1 is 1.08 bits per heavy atom. The van der Waals surface area contributed by atoms with Gasteiger partial charge in [-0.3, -0.25) is 0 Å². The van der Waals surface area contributed by atoms with E-state index in [1.165, 1.54) is 30.4 Å². The highest BCUT2D eigenvalue weighted by Crippen LogP contribution is 2.19. The topological polar surface area (TPSA) is 0 Å². The van der Waals surface area contributed by atoms with E-state index in [0.717, 1.165) is 0 Å². The maximum absolute atomic E-state index is 2.34. The highest BCUT2D eigenvalue weighted by atomic mass is 14.1. The van der Waals surface area contributed by atoms with E-state index in [-0.39, 0.29) is 0 Å². The molecule has 0 fully saturated rings. The van der Waals surface area contributed by atoms with Gasteiger partial charge in [-0.25, -0.2) is 0 Å². The third kappa shape index (κ3) is 2.33. The molecule has 0 unspecified atom stereocenters. The van der Waals surface area contributed by atoms with Crippen molar-refractivity contribution in [2.24, 2.45) is 0 Å². The minimum Gasteiger partial charge on any atom is -0.0651 e. The van der Waals surface area contributed by atoms with Gasteiger partial charge in [0.1, 0.15) is 0 Å². The van der Waals surface area contributed by atoms with Gasteiger partial charge in [-0.2, -0.15) is 0 Å². The lowest BCUT2D eigenvalue weighted by Gasteiger charge is -2.11. The van der Waals surface area contributed by atoms with Crippen LogP contribution in [0.2, 0.25) is 0 Å². The molecule has 0 heterocycles. The van der Waals surface area contributed by atoms with Crippen LogP contribution < -0.4 is 0 Å². The van der Waals surface area contributed by atoms with Gasteiger partial charge < -0.3 is 0 Å². The highest BCUT2D eigenvalue weighted by molar-refractivity contribution is 5.38. The molecule has 0 saturated heterocycles. The lowest BCUT2D eigenvalue weighted by molar-refractivity contribution is 0.892. The van der Waals surface area contributed by atoms with Crippen molar-refractivity contribution in [3.8, 4) is 0 Å². The van der Waals surface area contributed by atoms with E-state index >= 15 is 0 Å². The molecule has 0 N–H and O–H groups in total. The van der Waals surface area contributed by atoms with Crippen molar-refractivity contribution >= 4 is 0 Å². The first-order valence-electron chi connectivity index (χ1n) is 5.28. The molecule has 13 heavy (non-hydrogen) atoms. The summed E-state index contributed by atoms with van der Waals surface area (Å²) >= 11 is 0. The predicted octanol–water partition coefficient (Wildman–Crippen LogP) is 3.82. The van der Waals surface area contributed by atoms with Crippen molar-refractivity contribution < 1.29 is 0 Å². The van der Waals surface area contributed by atoms with Crippen LogP contribution in [0.5, 0.6) is 0 Å².